The molecule has 84 valence electrons. The van der Waals surface area contributed by atoms with E-state index in [0.29, 0.717) is 6.42 Å². The molecule has 0 bridgehead atoms. The molecule has 0 fully saturated rings. The summed E-state index contributed by atoms with van der Waals surface area (Å²) in [5.41, 5.74) is 0.834. The van der Waals surface area contributed by atoms with Crippen molar-refractivity contribution in [3.63, 3.8) is 0 Å². The molecule has 0 N–H and O–H groups in total. The Hall–Kier alpha value is -0.130. The van der Waals surface area contributed by atoms with Crippen molar-refractivity contribution in [2.75, 3.05) is 6.61 Å². The van der Waals surface area contributed by atoms with Crippen LogP contribution in [0.25, 0.3) is 6.08 Å². The molecule has 0 atom stereocenters. The Kier molecular flexibility index (Phi) is 7.97. The molecule has 0 spiro atoms. The summed E-state index contributed by atoms with van der Waals surface area (Å²) >= 11 is 0. The van der Waals surface area contributed by atoms with Crippen LogP contribution in [0.5, 0.6) is 0 Å². The monoisotopic (exact) mass is 250 g/mol. The van der Waals surface area contributed by atoms with E-state index in [1.165, 1.54) is 6.08 Å². The van der Waals surface area contributed by atoms with Crippen LogP contribution in [-0.4, -0.2) is 44.6 Å². The summed E-state index contributed by atoms with van der Waals surface area (Å²) in [5, 5.41) is 1.08. The molecular formula is C11H15NaO3S. The molecule has 1 rings (SSSR count). The van der Waals surface area contributed by atoms with Crippen LogP contribution in [0.4, 0.5) is 0 Å². The second-order valence-electron chi connectivity index (χ2n) is 3.03. The fourth-order valence-electron chi connectivity index (χ4n) is 0.965. The standard InChI is InChI=1S/C11H14O3S.Na.H/c1-2-9-14-15(12,13)10-8-11-6-4-3-5-7-11;;/h3-8,10H,2,9H2,1H3;;. The molecule has 0 aliphatic rings. The van der Waals surface area contributed by atoms with Crippen molar-refractivity contribution in [2.45, 2.75) is 13.3 Å². The molecule has 0 aliphatic heterocycles. The van der Waals surface area contributed by atoms with Crippen molar-refractivity contribution in [3.05, 3.63) is 41.3 Å². The van der Waals surface area contributed by atoms with Crippen molar-refractivity contribution in [1.82, 2.24) is 0 Å². The maximum absolute atomic E-state index is 11.3. The molecule has 0 amide bonds. The third kappa shape index (κ3) is 6.45. The Bertz CT molecular complexity index is 412. The summed E-state index contributed by atoms with van der Waals surface area (Å²) in [6, 6.07) is 9.22. The van der Waals surface area contributed by atoms with Gasteiger partial charge in [-0.1, -0.05) is 37.3 Å². The Morgan fingerprint density at radius 1 is 1.25 bits per heavy atom. The molecule has 1 aromatic rings. The molecule has 16 heavy (non-hydrogen) atoms. The van der Waals surface area contributed by atoms with Crippen LogP contribution in [-0.2, 0) is 14.3 Å². The van der Waals surface area contributed by atoms with E-state index >= 15 is 0 Å². The number of hydrogen-bond donors (Lipinski definition) is 0. The normalized spacial score (nSPS) is 11.3. The van der Waals surface area contributed by atoms with Gasteiger partial charge in [0.25, 0.3) is 10.1 Å². The summed E-state index contributed by atoms with van der Waals surface area (Å²) in [6.07, 6.45) is 2.20. The van der Waals surface area contributed by atoms with Gasteiger partial charge in [0.1, 0.15) is 0 Å². The summed E-state index contributed by atoms with van der Waals surface area (Å²) in [4.78, 5) is 0. The third-order valence-electron chi connectivity index (χ3n) is 1.68. The second kappa shape index (κ2) is 8.03. The van der Waals surface area contributed by atoms with Crippen molar-refractivity contribution in [2.24, 2.45) is 0 Å². The molecule has 0 radical (unpaired) electrons. The summed E-state index contributed by atoms with van der Waals surface area (Å²) in [6.45, 7) is 2.08. The first-order chi connectivity index (χ1) is 7.14. The van der Waals surface area contributed by atoms with Gasteiger partial charge < -0.3 is 0 Å². The van der Waals surface area contributed by atoms with Crippen LogP contribution in [0.15, 0.2) is 35.7 Å². The van der Waals surface area contributed by atoms with E-state index in [-0.39, 0.29) is 36.2 Å². The van der Waals surface area contributed by atoms with E-state index in [2.05, 4.69) is 4.18 Å². The minimum atomic E-state index is -3.52. The molecule has 0 unspecified atom stereocenters. The van der Waals surface area contributed by atoms with Crippen molar-refractivity contribution < 1.29 is 12.6 Å². The van der Waals surface area contributed by atoms with E-state index in [9.17, 15) is 8.42 Å². The number of benzene rings is 1. The molecule has 5 heteroatoms. The van der Waals surface area contributed by atoms with E-state index in [1.54, 1.807) is 0 Å². The van der Waals surface area contributed by atoms with E-state index in [1.807, 2.05) is 37.3 Å². The fourth-order valence-corrected chi connectivity index (χ4v) is 1.77. The Morgan fingerprint density at radius 2 is 1.88 bits per heavy atom. The first-order valence-electron chi connectivity index (χ1n) is 4.76. The first kappa shape index (κ1) is 15.9. The zero-order valence-corrected chi connectivity index (χ0v) is 9.41. The Morgan fingerprint density at radius 3 is 2.44 bits per heavy atom. The molecule has 0 aliphatic carbocycles. The third-order valence-corrected chi connectivity index (χ3v) is 2.64. The fraction of sp³-hybridized carbons (Fsp3) is 0.273. The van der Waals surface area contributed by atoms with Crippen LogP contribution in [0.1, 0.15) is 18.9 Å². The predicted octanol–water partition coefficient (Wildman–Crippen LogP) is 1.77. The molecule has 0 saturated heterocycles. The molecule has 0 saturated carbocycles. The van der Waals surface area contributed by atoms with Crippen molar-refractivity contribution in [1.29, 1.82) is 0 Å². The van der Waals surface area contributed by atoms with Crippen LogP contribution in [0.2, 0.25) is 0 Å². The molecule has 0 aromatic heterocycles. The predicted molar refractivity (Wildman–Crippen MR) is 67.8 cm³/mol. The van der Waals surface area contributed by atoms with Crippen LogP contribution < -0.4 is 0 Å². The summed E-state index contributed by atoms with van der Waals surface area (Å²) in [5.74, 6) is 0. The van der Waals surface area contributed by atoms with E-state index in [0.717, 1.165) is 11.0 Å². The van der Waals surface area contributed by atoms with Gasteiger partial charge in [-0.25, -0.2) is 0 Å². The van der Waals surface area contributed by atoms with Crippen LogP contribution in [0.3, 0.4) is 0 Å². The van der Waals surface area contributed by atoms with Gasteiger partial charge in [-0.3, -0.25) is 4.18 Å². The molecular weight excluding hydrogens is 235 g/mol. The average Bonchev–Trinajstić information content (AvgIpc) is 2.25. The van der Waals surface area contributed by atoms with Gasteiger partial charge >= 0.3 is 29.6 Å². The Balaban J connectivity index is 0.00000225. The number of rotatable bonds is 5. The van der Waals surface area contributed by atoms with Gasteiger partial charge in [-0.2, -0.15) is 8.42 Å². The zero-order valence-electron chi connectivity index (χ0n) is 8.59. The van der Waals surface area contributed by atoms with E-state index < -0.39 is 10.1 Å². The first-order valence-corrected chi connectivity index (χ1v) is 6.24. The molecule has 3 nitrogen and oxygen atoms in total. The van der Waals surface area contributed by atoms with Gasteiger partial charge in [0.15, 0.2) is 0 Å². The quantitative estimate of drug-likeness (QED) is 0.591. The van der Waals surface area contributed by atoms with Gasteiger partial charge in [0.2, 0.25) is 0 Å². The molecule has 0 heterocycles. The minimum absolute atomic E-state index is 0. The number of hydrogen-bond acceptors (Lipinski definition) is 3. The van der Waals surface area contributed by atoms with Crippen molar-refractivity contribution in [3.8, 4) is 0 Å². The maximum atomic E-state index is 11.3. The van der Waals surface area contributed by atoms with Crippen molar-refractivity contribution >= 4 is 45.8 Å². The van der Waals surface area contributed by atoms with Crippen LogP contribution >= 0.6 is 0 Å². The van der Waals surface area contributed by atoms with E-state index in [4.69, 9.17) is 0 Å². The van der Waals surface area contributed by atoms with Gasteiger partial charge in [-0.05, 0) is 18.1 Å². The Labute approximate surface area is 119 Å². The van der Waals surface area contributed by atoms with Gasteiger partial charge in [-0.15, -0.1) is 0 Å². The average molecular weight is 250 g/mol. The summed E-state index contributed by atoms with van der Waals surface area (Å²) < 4.78 is 27.2. The SMILES string of the molecule is CCCOS(=O)(=O)C=Cc1ccccc1.[NaH]. The summed E-state index contributed by atoms with van der Waals surface area (Å²) in [7, 11) is -3.52. The van der Waals surface area contributed by atoms with Crippen LogP contribution in [0, 0.1) is 0 Å². The zero-order chi connectivity index (χ0) is 11.1. The van der Waals surface area contributed by atoms with Gasteiger partial charge in [0, 0.05) is 0 Å². The topological polar surface area (TPSA) is 43.4 Å². The second-order valence-corrected chi connectivity index (χ2v) is 4.52. The van der Waals surface area contributed by atoms with Gasteiger partial charge in [0.05, 0.1) is 12.0 Å². The molecule has 1 aromatic carbocycles.